The molecule has 1 aromatic carbocycles. The van der Waals surface area contributed by atoms with Crippen LogP contribution in [-0.4, -0.2) is 74.1 Å². The molecule has 0 bridgehead atoms. The lowest BCUT2D eigenvalue weighted by molar-refractivity contribution is 0.0656. The monoisotopic (exact) mass is 388 g/mol. The van der Waals surface area contributed by atoms with Crippen molar-refractivity contribution in [3.05, 3.63) is 29.8 Å². The molecule has 25 heavy (non-hydrogen) atoms. The van der Waals surface area contributed by atoms with Crippen LogP contribution < -0.4 is 10.2 Å². The van der Waals surface area contributed by atoms with Gasteiger partial charge in [0.1, 0.15) is 0 Å². The van der Waals surface area contributed by atoms with Gasteiger partial charge >= 0.3 is 0 Å². The highest BCUT2D eigenvalue weighted by Gasteiger charge is 2.24. The summed E-state index contributed by atoms with van der Waals surface area (Å²) in [5.41, 5.74) is 2.03. The van der Waals surface area contributed by atoms with Crippen LogP contribution in [0.5, 0.6) is 0 Å². The summed E-state index contributed by atoms with van der Waals surface area (Å²) >= 11 is 0. The predicted molar refractivity (Wildman–Crippen MR) is 109 cm³/mol. The van der Waals surface area contributed by atoms with Crippen LogP contribution in [0.3, 0.4) is 0 Å². The minimum absolute atomic E-state index is 0. The molecule has 0 aromatic heterocycles. The van der Waals surface area contributed by atoms with Crippen molar-refractivity contribution in [2.75, 3.05) is 57.3 Å². The van der Waals surface area contributed by atoms with Crippen LogP contribution >= 0.6 is 24.8 Å². The van der Waals surface area contributed by atoms with Gasteiger partial charge in [-0.3, -0.25) is 4.79 Å². The number of rotatable bonds is 3. The third-order valence-corrected chi connectivity index (χ3v) is 5.06. The number of carbonyl (C=O) groups excluding carboxylic acids is 1. The van der Waals surface area contributed by atoms with Crippen molar-refractivity contribution in [1.82, 2.24) is 15.1 Å². The predicted octanol–water partition coefficient (Wildman–Crippen LogP) is 2.11. The smallest absolute Gasteiger partial charge is 0.254 e. The van der Waals surface area contributed by atoms with E-state index in [1.54, 1.807) is 0 Å². The normalized spacial score (nSPS) is 21.3. The van der Waals surface area contributed by atoms with E-state index in [0.29, 0.717) is 0 Å². The molecule has 7 heteroatoms. The van der Waals surface area contributed by atoms with Crippen molar-refractivity contribution < 1.29 is 4.79 Å². The van der Waals surface area contributed by atoms with Gasteiger partial charge in [0.25, 0.3) is 5.91 Å². The molecule has 0 saturated carbocycles. The Hall–Kier alpha value is -1.01. The number of benzene rings is 1. The van der Waals surface area contributed by atoms with Gasteiger partial charge in [-0.05, 0) is 37.7 Å². The van der Waals surface area contributed by atoms with E-state index in [4.69, 9.17) is 0 Å². The van der Waals surface area contributed by atoms with E-state index in [9.17, 15) is 4.79 Å². The molecule has 5 nitrogen and oxygen atoms in total. The van der Waals surface area contributed by atoms with Crippen molar-refractivity contribution in [2.24, 2.45) is 0 Å². The molecule has 1 N–H and O–H groups in total. The number of nitrogens with one attached hydrogen (secondary N) is 1. The van der Waals surface area contributed by atoms with Gasteiger partial charge in [0.2, 0.25) is 0 Å². The molecule has 1 atom stereocenters. The fourth-order valence-corrected chi connectivity index (χ4v) is 3.45. The van der Waals surface area contributed by atoms with Crippen molar-refractivity contribution in [2.45, 2.75) is 19.9 Å². The zero-order valence-corrected chi connectivity index (χ0v) is 16.7. The topological polar surface area (TPSA) is 38.8 Å². The Morgan fingerprint density at radius 3 is 2.28 bits per heavy atom. The second-order valence-electron chi connectivity index (χ2n) is 6.52. The number of hydrogen-bond donors (Lipinski definition) is 1. The minimum atomic E-state index is 0. The van der Waals surface area contributed by atoms with Crippen LogP contribution in [-0.2, 0) is 0 Å². The maximum Gasteiger partial charge on any atom is 0.254 e. The summed E-state index contributed by atoms with van der Waals surface area (Å²) < 4.78 is 0. The van der Waals surface area contributed by atoms with E-state index in [2.05, 4.69) is 41.1 Å². The highest BCUT2D eigenvalue weighted by Crippen LogP contribution is 2.19. The second kappa shape index (κ2) is 10.2. The largest absolute Gasteiger partial charge is 0.369 e. The third-order valence-electron chi connectivity index (χ3n) is 5.06. The molecule has 2 heterocycles. The zero-order chi connectivity index (χ0) is 16.2. The Bertz CT molecular complexity index is 532. The molecule has 1 amide bonds. The molecule has 2 aliphatic heterocycles. The Morgan fingerprint density at radius 1 is 1.08 bits per heavy atom. The van der Waals surface area contributed by atoms with Crippen LogP contribution in [0, 0.1) is 0 Å². The van der Waals surface area contributed by atoms with Gasteiger partial charge in [-0.1, -0.05) is 6.92 Å². The number of hydrogen-bond acceptors (Lipinski definition) is 4. The summed E-state index contributed by atoms with van der Waals surface area (Å²) in [7, 11) is 0. The molecule has 0 unspecified atom stereocenters. The molecule has 0 radical (unpaired) electrons. The van der Waals surface area contributed by atoms with Crippen LogP contribution in [0.1, 0.15) is 24.2 Å². The highest BCUT2D eigenvalue weighted by atomic mass is 35.5. The SMILES string of the molecule is CCN1CCN(c2ccc(C(=O)N3CCNC[C@H]3C)cc2)CC1.Cl.Cl. The summed E-state index contributed by atoms with van der Waals surface area (Å²) in [6, 6.07) is 8.43. The number of piperazine rings is 2. The minimum Gasteiger partial charge on any atom is -0.369 e. The van der Waals surface area contributed by atoms with Crippen LogP contribution in [0.15, 0.2) is 24.3 Å². The van der Waals surface area contributed by atoms with Gasteiger partial charge in [0.15, 0.2) is 0 Å². The number of anilines is 1. The van der Waals surface area contributed by atoms with Crippen molar-refractivity contribution >= 4 is 36.4 Å². The molecular weight excluding hydrogens is 359 g/mol. The first-order chi connectivity index (χ1) is 11.2. The van der Waals surface area contributed by atoms with Gasteiger partial charge in [-0.25, -0.2) is 0 Å². The molecule has 3 rings (SSSR count). The average molecular weight is 389 g/mol. The lowest BCUT2D eigenvalue weighted by Gasteiger charge is -2.36. The maximum atomic E-state index is 12.7. The van der Waals surface area contributed by atoms with Gasteiger partial charge in [0.05, 0.1) is 0 Å². The molecule has 142 valence electrons. The number of halogens is 2. The number of nitrogens with zero attached hydrogens (tertiary/aromatic N) is 3. The lowest BCUT2D eigenvalue weighted by atomic mass is 10.1. The van der Waals surface area contributed by atoms with Gasteiger partial charge in [-0.15, -0.1) is 24.8 Å². The van der Waals surface area contributed by atoms with Gasteiger partial charge in [0, 0.05) is 63.1 Å². The van der Waals surface area contributed by atoms with Gasteiger partial charge < -0.3 is 20.0 Å². The molecule has 2 aliphatic rings. The second-order valence-corrected chi connectivity index (χ2v) is 6.52. The molecule has 0 spiro atoms. The molecular formula is C18H30Cl2N4O. The highest BCUT2D eigenvalue weighted by molar-refractivity contribution is 5.94. The zero-order valence-electron chi connectivity index (χ0n) is 15.1. The molecule has 2 saturated heterocycles. The maximum absolute atomic E-state index is 12.7. The van der Waals surface area contributed by atoms with E-state index in [1.165, 1.54) is 5.69 Å². The van der Waals surface area contributed by atoms with E-state index in [1.807, 2.05) is 17.0 Å². The molecule has 2 fully saturated rings. The van der Waals surface area contributed by atoms with Crippen LogP contribution in [0.2, 0.25) is 0 Å². The van der Waals surface area contributed by atoms with E-state index in [0.717, 1.165) is 57.9 Å². The first-order valence-electron chi connectivity index (χ1n) is 8.78. The lowest BCUT2D eigenvalue weighted by Crippen LogP contribution is -2.52. The first-order valence-corrected chi connectivity index (χ1v) is 8.78. The summed E-state index contributed by atoms with van der Waals surface area (Å²) in [4.78, 5) is 19.5. The molecule has 0 aliphatic carbocycles. The van der Waals surface area contributed by atoms with Crippen molar-refractivity contribution in [3.8, 4) is 0 Å². The van der Waals surface area contributed by atoms with E-state index >= 15 is 0 Å². The fraction of sp³-hybridized carbons (Fsp3) is 0.611. The Morgan fingerprint density at radius 2 is 1.72 bits per heavy atom. The Labute approximate surface area is 163 Å². The standard InChI is InChI=1S/C18H28N4O.2ClH/c1-3-20-10-12-21(13-11-20)17-6-4-16(5-7-17)18(23)22-9-8-19-14-15(22)2;;/h4-7,15,19H,3,8-14H2,1-2H3;2*1H/t15-;;/m1../s1. The summed E-state index contributed by atoms with van der Waals surface area (Å²) in [5.74, 6) is 0.154. The quantitative estimate of drug-likeness (QED) is 0.860. The van der Waals surface area contributed by atoms with Gasteiger partial charge in [-0.2, -0.15) is 0 Å². The van der Waals surface area contributed by atoms with Crippen LogP contribution in [0.4, 0.5) is 5.69 Å². The summed E-state index contributed by atoms with van der Waals surface area (Å²) in [6.07, 6.45) is 0. The number of carbonyl (C=O) groups is 1. The fourth-order valence-electron chi connectivity index (χ4n) is 3.45. The first kappa shape index (κ1) is 22.0. The number of likely N-dealkylation sites (N-methyl/N-ethyl adjacent to an activating group) is 1. The average Bonchev–Trinajstić information content (AvgIpc) is 2.62. The van der Waals surface area contributed by atoms with E-state index < -0.39 is 0 Å². The Kier molecular flexibility index (Phi) is 9.00. The third kappa shape index (κ3) is 5.23. The van der Waals surface area contributed by atoms with Crippen LogP contribution in [0.25, 0.3) is 0 Å². The van der Waals surface area contributed by atoms with E-state index in [-0.39, 0.29) is 36.8 Å². The summed E-state index contributed by atoms with van der Waals surface area (Å²) in [5, 5.41) is 3.33. The Balaban J connectivity index is 0.00000156. The number of amides is 1. The van der Waals surface area contributed by atoms with Crippen molar-refractivity contribution in [3.63, 3.8) is 0 Å². The summed E-state index contributed by atoms with van der Waals surface area (Å²) in [6.45, 7) is 12.4. The van der Waals surface area contributed by atoms with Crippen molar-refractivity contribution in [1.29, 1.82) is 0 Å². The molecule has 1 aromatic rings.